The fourth-order valence-corrected chi connectivity index (χ4v) is 5.12. The molecule has 1 atom stereocenters. The third kappa shape index (κ3) is 5.09. The molecular formula is C30H34N4O. The predicted octanol–water partition coefficient (Wildman–Crippen LogP) is 5.96. The van der Waals surface area contributed by atoms with Crippen LogP contribution in [0.4, 0.5) is 5.95 Å². The van der Waals surface area contributed by atoms with Crippen molar-refractivity contribution in [3.05, 3.63) is 96.1 Å². The molecule has 1 unspecified atom stereocenters. The number of aryl methyl sites for hydroxylation is 1. The van der Waals surface area contributed by atoms with Gasteiger partial charge in [0, 0.05) is 19.6 Å². The summed E-state index contributed by atoms with van der Waals surface area (Å²) in [6.45, 7) is 4.79. The van der Waals surface area contributed by atoms with Gasteiger partial charge in [0.1, 0.15) is 0 Å². The fraction of sp³-hybridized carbons (Fsp3) is 0.333. The number of imidazole rings is 1. The maximum Gasteiger partial charge on any atom is 0.225 e. The second-order valence-corrected chi connectivity index (χ2v) is 9.45. The van der Waals surface area contributed by atoms with E-state index in [1.165, 1.54) is 5.52 Å². The van der Waals surface area contributed by atoms with E-state index in [-0.39, 0.29) is 17.9 Å². The first-order chi connectivity index (χ1) is 17.2. The van der Waals surface area contributed by atoms with Gasteiger partial charge in [-0.1, -0.05) is 86.1 Å². The van der Waals surface area contributed by atoms with Crippen molar-refractivity contribution in [3.8, 4) is 0 Å². The highest BCUT2D eigenvalue weighted by molar-refractivity contribution is 5.81. The van der Waals surface area contributed by atoms with E-state index in [0.29, 0.717) is 6.54 Å². The summed E-state index contributed by atoms with van der Waals surface area (Å²) in [5.74, 6) is 1.04. The first kappa shape index (κ1) is 23.2. The number of fused-ring (bicyclic) bond motifs is 1. The van der Waals surface area contributed by atoms with E-state index in [1.54, 1.807) is 0 Å². The van der Waals surface area contributed by atoms with E-state index < -0.39 is 0 Å². The molecule has 0 saturated carbocycles. The molecule has 5 heteroatoms. The Hall–Kier alpha value is -3.60. The van der Waals surface area contributed by atoms with Crippen molar-refractivity contribution in [3.63, 3.8) is 0 Å². The molecule has 3 aromatic carbocycles. The van der Waals surface area contributed by atoms with Gasteiger partial charge in [-0.3, -0.25) is 4.79 Å². The summed E-state index contributed by atoms with van der Waals surface area (Å²) in [5, 5.41) is 3.37. The van der Waals surface area contributed by atoms with Crippen molar-refractivity contribution in [1.82, 2.24) is 14.9 Å². The third-order valence-electron chi connectivity index (χ3n) is 7.00. The van der Waals surface area contributed by atoms with E-state index in [2.05, 4.69) is 64.2 Å². The lowest BCUT2D eigenvalue weighted by Crippen LogP contribution is -2.45. The average Bonchev–Trinajstić information content (AvgIpc) is 3.30. The number of hydrogen-bond donors (Lipinski definition) is 1. The van der Waals surface area contributed by atoms with Crippen LogP contribution in [0.2, 0.25) is 0 Å². The highest BCUT2D eigenvalue weighted by atomic mass is 16.2. The molecule has 1 saturated heterocycles. The maximum absolute atomic E-state index is 13.6. The number of rotatable bonds is 8. The summed E-state index contributed by atoms with van der Waals surface area (Å²) >= 11 is 0. The number of hydrogen-bond acceptors (Lipinski definition) is 3. The van der Waals surface area contributed by atoms with Gasteiger partial charge in [0.05, 0.1) is 23.0 Å². The van der Waals surface area contributed by atoms with E-state index in [4.69, 9.17) is 4.98 Å². The van der Waals surface area contributed by atoms with Gasteiger partial charge >= 0.3 is 0 Å². The number of nitrogens with zero attached hydrogens (tertiary/aromatic N) is 3. The zero-order valence-electron chi connectivity index (χ0n) is 20.4. The zero-order valence-corrected chi connectivity index (χ0v) is 20.4. The standard InChI is InChI=1S/C30H34N4O/c1-2-3-21-34-27-19-11-10-18-26(27)31-30(34)33-20-12-17-25(22-33)29(35)32-28(23-13-6-4-7-14-23)24-15-8-5-9-16-24/h4-11,13-16,18-19,25,28H,2-3,12,17,20-22H2,1H3,(H,32,35). The molecule has 0 radical (unpaired) electrons. The molecule has 1 aliphatic rings. The van der Waals surface area contributed by atoms with Gasteiger partial charge in [0.25, 0.3) is 0 Å². The Bertz CT molecular complexity index is 1210. The molecule has 1 amide bonds. The molecule has 180 valence electrons. The van der Waals surface area contributed by atoms with Crippen LogP contribution in [0.15, 0.2) is 84.9 Å². The Balaban J connectivity index is 1.37. The van der Waals surface area contributed by atoms with E-state index in [9.17, 15) is 4.79 Å². The quantitative estimate of drug-likeness (QED) is 0.349. The topological polar surface area (TPSA) is 50.2 Å². The molecule has 5 rings (SSSR count). The van der Waals surface area contributed by atoms with Crippen LogP contribution in [0.3, 0.4) is 0 Å². The minimum atomic E-state index is -0.158. The van der Waals surface area contributed by atoms with E-state index in [0.717, 1.165) is 61.4 Å². The average molecular weight is 467 g/mol. The predicted molar refractivity (Wildman–Crippen MR) is 142 cm³/mol. The van der Waals surface area contributed by atoms with Crippen LogP contribution in [-0.4, -0.2) is 28.5 Å². The van der Waals surface area contributed by atoms with Gasteiger partial charge < -0.3 is 14.8 Å². The van der Waals surface area contributed by atoms with Crippen molar-refractivity contribution in [2.24, 2.45) is 5.92 Å². The van der Waals surface area contributed by atoms with Crippen molar-refractivity contribution in [1.29, 1.82) is 0 Å². The summed E-state index contributed by atoms with van der Waals surface area (Å²) < 4.78 is 2.34. The van der Waals surface area contributed by atoms with Gasteiger partial charge in [-0.05, 0) is 42.5 Å². The van der Waals surface area contributed by atoms with Crippen molar-refractivity contribution >= 4 is 22.9 Å². The second-order valence-electron chi connectivity index (χ2n) is 9.45. The summed E-state index contributed by atoms with van der Waals surface area (Å²) in [7, 11) is 0. The molecule has 1 aliphatic heterocycles. The molecule has 1 fully saturated rings. The number of aromatic nitrogens is 2. The van der Waals surface area contributed by atoms with Crippen LogP contribution in [0, 0.1) is 5.92 Å². The maximum atomic E-state index is 13.6. The van der Waals surface area contributed by atoms with E-state index >= 15 is 0 Å². The Morgan fingerprint density at radius 3 is 2.31 bits per heavy atom. The summed E-state index contributed by atoms with van der Waals surface area (Å²) in [6, 6.07) is 28.7. The fourth-order valence-electron chi connectivity index (χ4n) is 5.12. The smallest absolute Gasteiger partial charge is 0.225 e. The molecule has 35 heavy (non-hydrogen) atoms. The Morgan fingerprint density at radius 2 is 1.63 bits per heavy atom. The Kier molecular flexibility index (Phi) is 7.12. The number of piperidine rings is 1. The number of anilines is 1. The number of nitrogens with one attached hydrogen (secondary N) is 1. The van der Waals surface area contributed by atoms with Crippen LogP contribution in [-0.2, 0) is 11.3 Å². The molecule has 0 aliphatic carbocycles. The number of para-hydroxylation sites is 2. The van der Waals surface area contributed by atoms with Crippen LogP contribution in [0.1, 0.15) is 49.8 Å². The molecule has 5 nitrogen and oxygen atoms in total. The minimum absolute atomic E-state index is 0.0712. The molecule has 2 heterocycles. The number of amides is 1. The number of carbonyl (C=O) groups is 1. The lowest BCUT2D eigenvalue weighted by atomic mass is 9.94. The van der Waals surface area contributed by atoms with Crippen LogP contribution in [0.25, 0.3) is 11.0 Å². The molecule has 0 bridgehead atoms. The Labute approximate surface area is 207 Å². The minimum Gasteiger partial charge on any atom is -0.345 e. The molecule has 1 aromatic heterocycles. The normalized spacial score (nSPS) is 16.1. The zero-order chi connectivity index (χ0) is 24.0. The van der Waals surface area contributed by atoms with Gasteiger partial charge in [-0.15, -0.1) is 0 Å². The van der Waals surface area contributed by atoms with Crippen molar-refractivity contribution in [2.75, 3.05) is 18.0 Å². The number of carbonyl (C=O) groups excluding carboxylic acids is 1. The molecule has 4 aromatic rings. The number of unbranched alkanes of at least 4 members (excludes halogenated alkanes) is 1. The number of benzene rings is 3. The van der Waals surface area contributed by atoms with Crippen LogP contribution < -0.4 is 10.2 Å². The van der Waals surface area contributed by atoms with Crippen molar-refractivity contribution < 1.29 is 4.79 Å². The SMILES string of the molecule is CCCCn1c(N2CCCC(C(=O)NC(c3ccccc3)c3ccccc3)C2)nc2ccccc21. The lowest BCUT2D eigenvalue weighted by Gasteiger charge is -2.34. The van der Waals surface area contributed by atoms with E-state index in [1.807, 2.05) is 42.5 Å². The highest BCUT2D eigenvalue weighted by Crippen LogP contribution is 2.29. The first-order valence-electron chi connectivity index (χ1n) is 12.8. The largest absolute Gasteiger partial charge is 0.345 e. The van der Waals surface area contributed by atoms with Crippen LogP contribution in [0.5, 0.6) is 0 Å². The van der Waals surface area contributed by atoms with Gasteiger partial charge in [0.15, 0.2) is 0 Å². The molecular weight excluding hydrogens is 432 g/mol. The monoisotopic (exact) mass is 466 g/mol. The van der Waals surface area contributed by atoms with Crippen molar-refractivity contribution in [2.45, 2.75) is 45.2 Å². The summed E-state index contributed by atoms with van der Waals surface area (Å²) in [6.07, 6.45) is 4.13. The lowest BCUT2D eigenvalue weighted by molar-refractivity contribution is -0.125. The van der Waals surface area contributed by atoms with Gasteiger partial charge in [-0.2, -0.15) is 0 Å². The third-order valence-corrected chi connectivity index (χ3v) is 7.00. The highest BCUT2D eigenvalue weighted by Gasteiger charge is 2.30. The van der Waals surface area contributed by atoms with Gasteiger partial charge in [0.2, 0.25) is 11.9 Å². The second kappa shape index (κ2) is 10.8. The Morgan fingerprint density at radius 1 is 0.971 bits per heavy atom. The first-order valence-corrected chi connectivity index (χ1v) is 12.8. The van der Waals surface area contributed by atoms with Gasteiger partial charge in [-0.25, -0.2) is 4.98 Å². The van der Waals surface area contributed by atoms with Crippen LogP contribution >= 0.6 is 0 Å². The molecule has 1 N–H and O–H groups in total. The summed E-state index contributed by atoms with van der Waals surface area (Å²) in [4.78, 5) is 20.9. The molecule has 0 spiro atoms. The summed E-state index contributed by atoms with van der Waals surface area (Å²) in [5.41, 5.74) is 4.40.